The number of aliphatic hydroxyl groups is 1. The fourth-order valence-electron chi connectivity index (χ4n) is 1.41. The van der Waals surface area contributed by atoms with Gasteiger partial charge in [0.25, 0.3) is 0 Å². The molecule has 1 rings (SSSR count). The van der Waals surface area contributed by atoms with Crippen LogP contribution in [0.1, 0.15) is 41.2 Å². The Bertz CT molecular complexity index is 252. The van der Waals surface area contributed by atoms with E-state index < -0.39 is 0 Å². The molecule has 1 unspecified atom stereocenters. The van der Waals surface area contributed by atoms with Crippen LogP contribution in [0.15, 0.2) is 6.07 Å². The Kier molecular flexibility index (Phi) is 3.29. The number of thiophene rings is 1. The molecular weight excluding hydrogens is 168 g/mol. The molecule has 1 aromatic heterocycles. The maximum atomic E-state index is 9.72. The zero-order chi connectivity index (χ0) is 9.14. The maximum Gasteiger partial charge on any atom is 0.0800 e. The predicted octanol–water partition coefficient (Wildman–Crippen LogP) is 3.20. The SMILES string of the molecule is CCCC(O)c1cc(C)sc1C. The van der Waals surface area contributed by atoms with E-state index in [1.54, 1.807) is 11.3 Å². The van der Waals surface area contributed by atoms with Crippen LogP contribution < -0.4 is 0 Å². The Hall–Kier alpha value is -0.340. The minimum Gasteiger partial charge on any atom is -0.388 e. The van der Waals surface area contributed by atoms with Crippen LogP contribution in [-0.2, 0) is 0 Å². The van der Waals surface area contributed by atoms with Gasteiger partial charge in [0.1, 0.15) is 0 Å². The summed E-state index contributed by atoms with van der Waals surface area (Å²) in [4.78, 5) is 2.55. The van der Waals surface area contributed by atoms with Crippen molar-refractivity contribution in [2.45, 2.75) is 39.7 Å². The third-order valence-electron chi connectivity index (χ3n) is 2.00. The lowest BCUT2D eigenvalue weighted by Crippen LogP contribution is -1.95. The van der Waals surface area contributed by atoms with Crippen molar-refractivity contribution in [2.24, 2.45) is 0 Å². The van der Waals surface area contributed by atoms with E-state index in [4.69, 9.17) is 0 Å². The number of aryl methyl sites for hydroxylation is 2. The first-order chi connectivity index (χ1) is 5.65. The summed E-state index contributed by atoms with van der Waals surface area (Å²) in [5.41, 5.74) is 1.12. The van der Waals surface area contributed by atoms with E-state index in [9.17, 15) is 5.11 Å². The van der Waals surface area contributed by atoms with Gasteiger partial charge in [-0.3, -0.25) is 0 Å². The van der Waals surface area contributed by atoms with Crippen molar-refractivity contribution in [1.82, 2.24) is 0 Å². The number of rotatable bonds is 3. The molecule has 68 valence electrons. The van der Waals surface area contributed by atoms with Gasteiger partial charge < -0.3 is 5.11 Å². The van der Waals surface area contributed by atoms with E-state index in [0.717, 1.165) is 18.4 Å². The third kappa shape index (κ3) is 2.08. The number of hydrogen-bond donors (Lipinski definition) is 1. The molecule has 0 saturated carbocycles. The molecule has 0 fully saturated rings. The molecule has 1 nitrogen and oxygen atoms in total. The summed E-state index contributed by atoms with van der Waals surface area (Å²) in [5, 5.41) is 9.72. The molecule has 12 heavy (non-hydrogen) atoms. The summed E-state index contributed by atoms with van der Waals surface area (Å²) < 4.78 is 0. The summed E-state index contributed by atoms with van der Waals surface area (Å²) in [6.45, 7) is 6.25. The Labute approximate surface area is 78.1 Å². The minimum absolute atomic E-state index is 0.250. The van der Waals surface area contributed by atoms with Crippen molar-refractivity contribution in [1.29, 1.82) is 0 Å². The first-order valence-electron chi connectivity index (χ1n) is 4.40. The Morgan fingerprint density at radius 3 is 2.58 bits per heavy atom. The van der Waals surface area contributed by atoms with Gasteiger partial charge in [0.2, 0.25) is 0 Å². The molecule has 0 bridgehead atoms. The second-order valence-corrected chi connectivity index (χ2v) is 4.63. The van der Waals surface area contributed by atoms with Crippen molar-refractivity contribution in [3.05, 3.63) is 21.4 Å². The largest absolute Gasteiger partial charge is 0.388 e. The number of aliphatic hydroxyl groups excluding tert-OH is 1. The number of hydrogen-bond acceptors (Lipinski definition) is 2. The second-order valence-electron chi connectivity index (χ2n) is 3.17. The Morgan fingerprint density at radius 1 is 1.50 bits per heavy atom. The zero-order valence-electron chi connectivity index (χ0n) is 7.92. The van der Waals surface area contributed by atoms with Gasteiger partial charge in [-0.05, 0) is 31.9 Å². The highest BCUT2D eigenvalue weighted by Crippen LogP contribution is 2.28. The molecule has 2 heteroatoms. The van der Waals surface area contributed by atoms with Crippen molar-refractivity contribution >= 4 is 11.3 Å². The molecule has 0 saturated heterocycles. The normalized spacial score (nSPS) is 13.3. The van der Waals surface area contributed by atoms with Gasteiger partial charge in [-0.2, -0.15) is 0 Å². The highest BCUT2D eigenvalue weighted by Gasteiger charge is 2.11. The highest BCUT2D eigenvalue weighted by atomic mass is 32.1. The van der Waals surface area contributed by atoms with E-state index in [1.165, 1.54) is 9.75 Å². The maximum absolute atomic E-state index is 9.72. The van der Waals surface area contributed by atoms with Crippen LogP contribution in [0.5, 0.6) is 0 Å². The van der Waals surface area contributed by atoms with Crippen molar-refractivity contribution in [3.8, 4) is 0 Å². The van der Waals surface area contributed by atoms with Crippen molar-refractivity contribution < 1.29 is 5.11 Å². The van der Waals surface area contributed by atoms with Crippen LogP contribution in [0.25, 0.3) is 0 Å². The molecule has 1 N–H and O–H groups in total. The van der Waals surface area contributed by atoms with Gasteiger partial charge in [-0.25, -0.2) is 0 Å². The first-order valence-corrected chi connectivity index (χ1v) is 5.21. The van der Waals surface area contributed by atoms with E-state index in [0.29, 0.717) is 0 Å². The van der Waals surface area contributed by atoms with Crippen LogP contribution in [-0.4, -0.2) is 5.11 Å². The quantitative estimate of drug-likeness (QED) is 0.765. The molecule has 0 spiro atoms. The molecular formula is C10H16OS. The molecule has 1 aromatic rings. The van der Waals surface area contributed by atoms with Crippen LogP contribution in [0.4, 0.5) is 0 Å². The summed E-state index contributed by atoms with van der Waals surface area (Å²) in [5.74, 6) is 0. The van der Waals surface area contributed by atoms with Gasteiger partial charge in [-0.15, -0.1) is 11.3 Å². The van der Waals surface area contributed by atoms with Crippen molar-refractivity contribution in [2.75, 3.05) is 0 Å². The van der Waals surface area contributed by atoms with Gasteiger partial charge in [-0.1, -0.05) is 13.3 Å². The topological polar surface area (TPSA) is 20.2 Å². The summed E-state index contributed by atoms with van der Waals surface area (Å²) in [6.07, 6.45) is 1.66. The zero-order valence-corrected chi connectivity index (χ0v) is 8.74. The van der Waals surface area contributed by atoms with Gasteiger partial charge in [0.05, 0.1) is 6.10 Å². The fraction of sp³-hybridized carbons (Fsp3) is 0.600. The first kappa shape index (κ1) is 9.75. The molecule has 0 radical (unpaired) electrons. The predicted molar refractivity (Wildman–Crippen MR) is 53.7 cm³/mol. The summed E-state index contributed by atoms with van der Waals surface area (Å²) >= 11 is 1.76. The third-order valence-corrected chi connectivity index (χ3v) is 2.98. The molecule has 0 amide bonds. The minimum atomic E-state index is -0.250. The lowest BCUT2D eigenvalue weighted by atomic mass is 10.1. The van der Waals surface area contributed by atoms with E-state index in [2.05, 4.69) is 26.8 Å². The highest BCUT2D eigenvalue weighted by molar-refractivity contribution is 7.12. The van der Waals surface area contributed by atoms with Crippen LogP contribution in [0.3, 0.4) is 0 Å². The van der Waals surface area contributed by atoms with Gasteiger partial charge >= 0.3 is 0 Å². The van der Waals surface area contributed by atoms with E-state index in [1.807, 2.05) is 0 Å². The monoisotopic (exact) mass is 184 g/mol. The van der Waals surface area contributed by atoms with Crippen LogP contribution in [0.2, 0.25) is 0 Å². The second kappa shape index (κ2) is 4.06. The van der Waals surface area contributed by atoms with E-state index >= 15 is 0 Å². The van der Waals surface area contributed by atoms with Crippen molar-refractivity contribution in [3.63, 3.8) is 0 Å². The standard InChI is InChI=1S/C10H16OS/c1-4-5-10(11)9-6-7(2)12-8(9)3/h6,10-11H,4-5H2,1-3H3. The molecule has 0 aliphatic rings. The van der Waals surface area contributed by atoms with Gasteiger partial charge in [0, 0.05) is 9.75 Å². The Balaban J connectivity index is 2.79. The molecule has 0 aromatic carbocycles. The van der Waals surface area contributed by atoms with Crippen LogP contribution in [0, 0.1) is 13.8 Å². The Morgan fingerprint density at radius 2 is 2.17 bits per heavy atom. The lowest BCUT2D eigenvalue weighted by Gasteiger charge is -2.07. The lowest BCUT2D eigenvalue weighted by molar-refractivity contribution is 0.166. The van der Waals surface area contributed by atoms with E-state index in [-0.39, 0.29) is 6.10 Å². The average Bonchev–Trinajstić information content (AvgIpc) is 2.30. The summed E-state index contributed by atoms with van der Waals surface area (Å²) in [7, 11) is 0. The fourth-order valence-corrected chi connectivity index (χ4v) is 2.39. The van der Waals surface area contributed by atoms with Crippen LogP contribution >= 0.6 is 11.3 Å². The molecule has 1 heterocycles. The molecule has 0 aliphatic heterocycles. The molecule has 1 atom stereocenters. The molecule has 0 aliphatic carbocycles. The average molecular weight is 184 g/mol. The van der Waals surface area contributed by atoms with Gasteiger partial charge in [0.15, 0.2) is 0 Å². The smallest absolute Gasteiger partial charge is 0.0800 e. The summed E-state index contributed by atoms with van der Waals surface area (Å²) in [6, 6.07) is 2.10.